The molecule has 0 aliphatic carbocycles. The lowest BCUT2D eigenvalue weighted by Gasteiger charge is -2.12. The zero-order valence-electron chi connectivity index (χ0n) is 9.05. The van der Waals surface area contributed by atoms with Crippen LogP contribution in [-0.2, 0) is 0 Å². The second-order valence-electron chi connectivity index (χ2n) is 3.50. The van der Waals surface area contributed by atoms with Crippen molar-refractivity contribution in [2.24, 2.45) is 0 Å². The first-order valence-corrected chi connectivity index (χ1v) is 5.21. The van der Waals surface area contributed by atoms with E-state index in [9.17, 15) is 9.18 Å². The van der Waals surface area contributed by atoms with Crippen molar-refractivity contribution in [2.45, 2.75) is 6.36 Å². The number of benzene rings is 2. The van der Waals surface area contributed by atoms with Gasteiger partial charge in [-0.2, -0.15) is 4.39 Å². The molecule has 2 aromatic carbocycles. The lowest BCUT2D eigenvalue weighted by molar-refractivity contribution is 0.0660. The fourth-order valence-corrected chi connectivity index (χ4v) is 1.47. The second kappa shape index (κ2) is 5.25. The summed E-state index contributed by atoms with van der Waals surface area (Å²) >= 11 is 0. The number of hydrogen-bond donors (Lipinski definition) is 0. The summed E-state index contributed by atoms with van der Waals surface area (Å²) < 4.78 is 18.9. The standard InChI is InChI=1S/C14H11FO2/c15-14(11-6-2-1-3-7-11)17-13-9-5-4-8-12(13)10-16/h1-10,14H. The Bertz CT molecular complexity index is 497. The molecule has 0 aliphatic rings. The number of carbonyl (C=O) groups is 1. The molecule has 0 radical (unpaired) electrons. The van der Waals surface area contributed by atoms with Gasteiger partial charge in [0.1, 0.15) is 5.75 Å². The Morgan fingerprint density at radius 1 is 1.00 bits per heavy atom. The molecule has 2 nitrogen and oxygen atoms in total. The van der Waals surface area contributed by atoms with Gasteiger partial charge in [0.2, 0.25) is 0 Å². The predicted molar refractivity (Wildman–Crippen MR) is 62.7 cm³/mol. The summed E-state index contributed by atoms with van der Waals surface area (Å²) in [4.78, 5) is 10.7. The zero-order chi connectivity index (χ0) is 12.1. The molecule has 0 aromatic heterocycles. The van der Waals surface area contributed by atoms with Gasteiger partial charge in [0.05, 0.1) is 5.56 Å². The van der Waals surface area contributed by atoms with E-state index < -0.39 is 6.36 Å². The molecular formula is C14H11FO2. The predicted octanol–water partition coefficient (Wildman–Crippen LogP) is 3.55. The lowest BCUT2D eigenvalue weighted by Crippen LogP contribution is -2.03. The van der Waals surface area contributed by atoms with E-state index >= 15 is 0 Å². The Balaban J connectivity index is 2.18. The van der Waals surface area contributed by atoms with Crippen LogP contribution in [0.3, 0.4) is 0 Å². The van der Waals surface area contributed by atoms with Crippen molar-refractivity contribution >= 4 is 6.29 Å². The molecule has 1 atom stereocenters. The van der Waals surface area contributed by atoms with E-state index in [-0.39, 0.29) is 5.75 Å². The van der Waals surface area contributed by atoms with E-state index in [0.29, 0.717) is 17.4 Å². The summed E-state index contributed by atoms with van der Waals surface area (Å²) in [7, 11) is 0. The van der Waals surface area contributed by atoms with Crippen LogP contribution in [0.1, 0.15) is 22.3 Å². The minimum Gasteiger partial charge on any atom is -0.455 e. The highest BCUT2D eigenvalue weighted by molar-refractivity contribution is 5.79. The zero-order valence-corrected chi connectivity index (χ0v) is 9.05. The molecule has 0 bridgehead atoms. The normalized spacial score (nSPS) is 11.8. The number of rotatable bonds is 4. The van der Waals surface area contributed by atoms with Crippen LogP contribution in [0, 0.1) is 0 Å². The van der Waals surface area contributed by atoms with Crippen LogP contribution in [0.15, 0.2) is 54.6 Å². The van der Waals surface area contributed by atoms with Gasteiger partial charge in [0.15, 0.2) is 6.29 Å². The summed E-state index contributed by atoms with van der Waals surface area (Å²) in [5.74, 6) is 0.249. The largest absolute Gasteiger partial charge is 0.455 e. The van der Waals surface area contributed by atoms with Crippen molar-refractivity contribution in [3.63, 3.8) is 0 Å². The van der Waals surface area contributed by atoms with Gasteiger partial charge < -0.3 is 4.74 Å². The highest BCUT2D eigenvalue weighted by Crippen LogP contribution is 2.25. The maximum Gasteiger partial charge on any atom is 0.264 e. The maximum atomic E-state index is 13.8. The van der Waals surface area contributed by atoms with Crippen molar-refractivity contribution in [1.82, 2.24) is 0 Å². The Morgan fingerprint density at radius 2 is 1.65 bits per heavy atom. The molecule has 3 heteroatoms. The summed E-state index contributed by atoms with van der Waals surface area (Å²) in [6.07, 6.45) is -0.926. The molecule has 0 saturated carbocycles. The number of halogens is 1. The Hall–Kier alpha value is -2.16. The van der Waals surface area contributed by atoms with E-state index in [2.05, 4.69) is 0 Å². The highest BCUT2D eigenvalue weighted by Gasteiger charge is 2.12. The van der Waals surface area contributed by atoms with Gasteiger partial charge in [-0.05, 0) is 12.1 Å². The first-order valence-electron chi connectivity index (χ1n) is 5.21. The average molecular weight is 230 g/mol. The minimum absolute atomic E-state index is 0.249. The van der Waals surface area contributed by atoms with Crippen molar-refractivity contribution in [3.8, 4) is 5.75 Å². The fourth-order valence-electron chi connectivity index (χ4n) is 1.47. The van der Waals surface area contributed by atoms with Crippen LogP contribution in [0.4, 0.5) is 4.39 Å². The molecule has 0 spiro atoms. The number of aldehydes is 1. The Morgan fingerprint density at radius 3 is 2.35 bits per heavy atom. The van der Waals surface area contributed by atoms with Crippen LogP contribution in [0.2, 0.25) is 0 Å². The maximum absolute atomic E-state index is 13.8. The number of para-hydroxylation sites is 1. The third-order valence-electron chi connectivity index (χ3n) is 2.34. The van der Waals surface area contributed by atoms with Gasteiger partial charge in [-0.1, -0.05) is 42.5 Å². The monoisotopic (exact) mass is 230 g/mol. The first kappa shape index (κ1) is 11.3. The molecule has 0 N–H and O–H groups in total. The molecule has 2 rings (SSSR count). The van der Waals surface area contributed by atoms with Gasteiger partial charge in [0, 0.05) is 5.56 Å². The summed E-state index contributed by atoms with van der Waals surface area (Å²) in [6.45, 7) is 0. The van der Waals surface area contributed by atoms with E-state index in [1.807, 2.05) is 0 Å². The topological polar surface area (TPSA) is 26.3 Å². The van der Waals surface area contributed by atoms with E-state index in [1.165, 1.54) is 0 Å². The fraction of sp³-hybridized carbons (Fsp3) is 0.0714. The smallest absolute Gasteiger partial charge is 0.264 e. The van der Waals surface area contributed by atoms with Gasteiger partial charge in [-0.15, -0.1) is 0 Å². The molecule has 17 heavy (non-hydrogen) atoms. The molecule has 2 aromatic rings. The van der Waals surface area contributed by atoms with Gasteiger partial charge >= 0.3 is 0 Å². The third-order valence-corrected chi connectivity index (χ3v) is 2.34. The lowest BCUT2D eigenvalue weighted by atomic mass is 10.2. The highest BCUT2D eigenvalue weighted by atomic mass is 19.1. The van der Waals surface area contributed by atoms with Crippen LogP contribution in [0.25, 0.3) is 0 Å². The van der Waals surface area contributed by atoms with Crippen LogP contribution < -0.4 is 4.74 Å². The van der Waals surface area contributed by atoms with E-state index in [4.69, 9.17) is 4.74 Å². The van der Waals surface area contributed by atoms with Crippen LogP contribution >= 0.6 is 0 Å². The van der Waals surface area contributed by atoms with Crippen LogP contribution in [-0.4, -0.2) is 6.29 Å². The molecule has 0 amide bonds. The van der Waals surface area contributed by atoms with Crippen molar-refractivity contribution in [1.29, 1.82) is 0 Å². The van der Waals surface area contributed by atoms with Crippen molar-refractivity contribution < 1.29 is 13.9 Å². The molecule has 1 unspecified atom stereocenters. The summed E-state index contributed by atoms with van der Waals surface area (Å²) in [5, 5.41) is 0. The molecule has 86 valence electrons. The molecular weight excluding hydrogens is 219 g/mol. The van der Waals surface area contributed by atoms with E-state index in [0.717, 1.165) is 0 Å². The molecule has 0 fully saturated rings. The van der Waals surface area contributed by atoms with Gasteiger partial charge in [-0.3, -0.25) is 4.79 Å². The number of ether oxygens (including phenoxy) is 1. The number of carbonyl (C=O) groups excluding carboxylic acids is 1. The third kappa shape index (κ3) is 2.69. The first-order chi connectivity index (χ1) is 8.31. The second-order valence-corrected chi connectivity index (χ2v) is 3.50. The average Bonchev–Trinajstić information content (AvgIpc) is 2.40. The van der Waals surface area contributed by atoms with Crippen molar-refractivity contribution in [3.05, 3.63) is 65.7 Å². The Kier molecular flexibility index (Phi) is 3.50. The minimum atomic E-state index is -1.57. The quantitative estimate of drug-likeness (QED) is 0.751. The number of hydrogen-bond acceptors (Lipinski definition) is 2. The number of alkyl halides is 1. The van der Waals surface area contributed by atoms with E-state index in [1.54, 1.807) is 54.6 Å². The van der Waals surface area contributed by atoms with Crippen molar-refractivity contribution in [2.75, 3.05) is 0 Å². The molecule has 0 aliphatic heterocycles. The molecule has 0 heterocycles. The SMILES string of the molecule is O=Cc1ccccc1OC(F)c1ccccc1. The molecule has 0 saturated heterocycles. The van der Waals surface area contributed by atoms with Crippen LogP contribution in [0.5, 0.6) is 5.75 Å². The summed E-state index contributed by atoms with van der Waals surface area (Å²) in [5.41, 5.74) is 0.763. The Labute approximate surface area is 98.7 Å². The van der Waals surface area contributed by atoms with Gasteiger partial charge in [-0.25, -0.2) is 0 Å². The summed E-state index contributed by atoms with van der Waals surface area (Å²) in [6, 6.07) is 15.1. The van der Waals surface area contributed by atoms with Gasteiger partial charge in [0.25, 0.3) is 6.36 Å².